The van der Waals surface area contributed by atoms with E-state index in [-0.39, 0.29) is 18.6 Å². The second-order valence-corrected chi connectivity index (χ2v) is 8.11. The smallest absolute Gasteiger partial charge is 0.219 e. The maximum atomic E-state index is 11.5. The van der Waals surface area contributed by atoms with Gasteiger partial charge >= 0.3 is 0 Å². The lowest BCUT2D eigenvalue weighted by molar-refractivity contribution is -0.129. The van der Waals surface area contributed by atoms with Crippen LogP contribution in [0.15, 0.2) is 34.8 Å². The first-order valence-corrected chi connectivity index (χ1v) is 10.6. The van der Waals surface area contributed by atoms with E-state index in [4.69, 9.17) is 21.0 Å². The highest BCUT2D eigenvalue weighted by atomic mass is 32.1. The Labute approximate surface area is 174 Å². The molecule has 2 aromatic rings. The van der Waals surface area contributed by atoms with Crippen LogP contribution in [-0.2, 0) is 9.63 Å². The number of rotatable bonds is 5. The Balaban J connectivity index is 1.41. The zero-order valence-corrected chi connectivity index (χ0v) is 17.2. The molecule has 6 nitrogen and oxygen atoms in total. The number of benzene rings is 1. The first-order chi connectivity index (χ1) is 14.2. The molecule has 0 N–H and O–H groups in total. The van der Waals surface area contributed by atoms with Gasteiger partial charge in [0.25, 0.3) is 0 Å². The van der Waals surface area contributed by atoms with Gasteiger partial charge in [0.05, 0.1) is 10.7 Å². The van der Waals surface area contributed by atoms with Crippen molar-refractivity contribution in [2.24, 2.45) is 5.16 Å². The molecular formula is C22H23N3O3S. The number of thiazole rings is 1. The third-order valence-corrected chi connectivity index (χ3v) is 6.36. The number of nitrogens with zero attached hydrogens (tertiary/aromatic N) is 3. The number of likely N-dealkylation sites (tertiary alicyclic amines) is 1. The Morgan fingerprint density at radius 2 is 2.17 bits per heavy atom. The van der Waals surface area contributed by atoms with E-state index in [0.717, 1.165) is 53.7 Å². The first-order valence-electron chi connectivity index (χ1n) is 9.75. The van der Waals surface area contributed by atoms with Gasteiger partial charge in [-0.1, -0.05) is 29.3 Å². The molecule has 29 heavy (non-hydrogen) atoms. The monoisotopic (exact) mass is 409 g/mol. The van der Waals surface area contributed by atoms with Crippen molar-refractivity contribution in [3.05, 3.63) is 45.9 Å². The van der Waals surface area contributed by atoms with Gasteiger partial charge < -0.3 is 14.5 Å². The molecule has 1 aromatic carbocycles. The third-order valence-electron chi connectivity index (χ3n) is 5.35. The fraction of sp³-hybridized carbons (Fsp3) is 0.409. The number of ether oxygens (including phenoxy) is 1. The molecule has 0 bridgehead atoms. The van der Waals surface area contributed by atoms with Gasteiger partial charge in [-0.25, -0.2) is 4.98 Å². The highest BCUT2D eigenvalue weighted by Gasteiger charge is 2.29. The Kier molecular flexibility index (Phi) is 5.81. The van der Waals surface area contributed by atoms with Gasteiger partial charge in [0.15, 0.2) is 6.10 Å². The summed E-state index contributed by atoms with van der Waals surface area (Å²) in [6.45, 7) is 3.45. The zero-order chi connectivity index (χ0) is 20.2. The second-order valence-electron chi connectivity index (χ2n) is 7.22. The Morgan fingerprint density at radius 3 is 2.93 bits per heavy atom. The largest absolute Gasteiger partial charge is 0.481 e. The van der Waals surface area contributed by atoms with Crippen molar-refractivity contribution in [2.75, 3.05) is 19.7 Å². The van der Waals surface area contributed by atoms with Crippen molar-refractivity contribution >= 4 is 23.0 Å². The average molecular weight is 410 g/mol. The van der Waals surface area contributed by atoms with Crippen LogP contribution in [-0.4, -0.2) is 41.2 Å². The van der Waals surface area contributed by atoms with Gasteiger partial charge in [-0.2, -0.15) is 0 Å². The predicted molar refractivity (Wildman–Crippen MR) is 112 cm³/mol. The van der Waals surface area contributed by atoms with E-state index in [1.165, 1.54) is 0 Å². The van der Waals surface area contributed by atoms with Gasteiger partial charge in [-0.05, 0) is 18.9 Å². The normalized spacial score (nSPS) is 19.4. The predicted octanol–water partition coefficient (Wildman–Crippen LogP) is 3.75. The van der Waals surface area contributed by atoms with Crippen LogP contribution in [0.1, 0.15) is 54.5 Å². The summed E-state index contributed by atoms with van der Waals surface area (Å²) in [4.78, 5) is 24.0. The maximum Gasteiger partial charge on any atom is 0.219 e. The van der Waals surface area contributed by atoms with Crippen LogP contribution >= 0.6 is 11.3 Å². The van der Waals surface area contributed by atoms with Crippen LogP contribution in [0.2, 0.25) is 0 Å². The molecule has 2 aliphatic heterocycles. The summed E-state index contributed by atoms with van der Waals surface area (Å²) in [6.07, 6.45) is 7.66. The molecule has 1 atom stereocenters. The van der Waals surface area contributed by atoms with Crippen LogP contribution in [0.3, 0.4) is 0 Å². The number of terminal acetylenes is 1. The van der Waals surface area contributed by atoms with Crippen LogP contribution in [0, 0.1) is 12.3 Å². The molecule has 3 heterocycles. The molecule has 4 rings (SSSR count). The summed E-state index contributed by atoms with van der Waals surface area (Å²) in [5, 5.41) is 7.46. The maximum absolute atomic E-state index is 11.5. The molecule has 1 amide bonds. The molecular weight excluding hydrogens is 386 g/mol. The number of amides is 1. The summed E-state index contributed by atoms with van der Waals surface area (Å²) in [7, 11) is 0. The van der Waals surface area contributed by atoms with Crippen molar-refractivity contribution in [1.29, 1.82) is 0 Å². The highest BCUT2D eigenvalue weighted by molar-refractivity contribution is 7.10. The number of hydrogen-bond donors (Lipinski definition) is 0. The zero-order valence-electron chi connectivity index (χ0n) is 16.3. The van der Waals surface area contributed by atoms with Gasteiger partial charge in [0, 0.05) is 43.3 Å². The quantitative estimate of drug-likeness (QED) is 0.706. The van der Waals surface area contributed by atoms with Gasteiger partial charge in [-0.3, -0.25) is 4.79 Å². The second kappa shape index (κ2) is 8.66. The number of carbonyl (C=O) groups excluding carboxylic acids is 1. The van der Waals surface area contributed by atoms with E-state index in [1.54, 1.807) is 18.3 Å². The van der Waals surface area contributed by atoms with Gasteiger partial charge in [-0.15, -0.1) is 17.8 Å². The van der Waals surface area contributed by atoms with Crippen molar-refractivity contribution in [3.63, 3.8) is 0 Å². The van der Waals surface area contributed by atoms with Crippen LogP contribution < -0.4 is 4.74 Å². The Bertz CT molecular complexity index is 954. The molecule has 0 saturated carbocycles. The highest BCUT2D eigenvalue weighted by Crippen LogP contribution is 2.36. The topological polar surface area (TPSA) is 64.0 Å². The minimum Gasteiger partial charge on any atom is -0.481 e. The van der Waals surface area contributed by atoms with Crippen LogP contribution in [0.5, 0.6) is 5.75 Å². The first kappa shape index (κ1) is 19.5. The van der Waals surface area contributed by atoms with Crippen molar-refractivity contribution in [1.82, 2.24) is 9.88 Å². The third kappa shape index (κ3) is 4.28. The fourth-order valence-corrected chi connectivity index (χ4v) is 4.74. The molecule has 0 unspecified atom stereocenters. The molecule has 0 spiro atoms. The lowest BCUT2D eigenvalue weighted by Crippen LogP contribution is -2.36. The Hall–Kier alpha value is -2.85. The average Bonchev–Trinajstić information content (AvgIpc) is 3.42. The van der Waals surface area contributed by atoms with E-state index >= 15 is 0 Å². The summed E-state index contributed by atoms with van der Waals surface area (Å²) in [5.41, 5.74) is 2.67. The van der Waals surface area contributed by atoms with Crippen molar-refractivity contribution in [3.8, 4) is 18.1 Å². The summed E-state index contributed by atoms with van der Waals surface area (Å²) >= 11 is 1.67. The van der Waals surface area contributed by atoms with E-state index in [9.17, 15) is 4.79 Å². The summed E-state index contributed by atoms with van der Waals surface area (Å²) in [6, 6.07) is 7.73. The molecule has 2 aliphatic rings. The minimum absolute atomic E-state index is 0.151. The molecule has 7 heteroatoms. The summed E-state index contributed by atoms with van der Waals surface area (Å²) in [5.74, 6) is 3.77. The fourth-order valence-electron chi connectivity index (χ4n) is 3.74. The number of piperidine rings is 1. The number of hydrogen-bond acceptors (Lipinski definition) is 6. The number of oxime groups is 1. The van der Waals surface area contributed by atoms with Gasteiger partial charge in [0.2, 0.25) is 5.91 Å². The van der Waals surface area contributed by atoms with Crippen molar-refractivity contribution < 1.29 is 14.4 Å². The van der Waals surface area contributed by atoms with E-state index in [2.05, 4.69) is 16.5 Å². The van der Waals surface area contributed by atoms with E-state index < -0.39 is 0 Å². The minimum atomic E-state index is -0.206. The van der Waals surface area contributed by atoms with Crippen LogP contribution in [0.25, 0.3) is 0 Å². The number of aromatic nitrogens is 1. The molecule has 0 aliphatic carbocycles. The molecule has 0 radical (unpaired) electrons. The van der Waals surface area contributed by atoms with E-state index in [1.807, 2.05) is 29.2 Å². The van der Waals surface area contributed by atoms with Crippen LogP contribution in [0.4, 0.5) is 0 Å². The number of para-hydroxylation sites is 1. The SMILES string of the molecule is C#CCOc1ccccc1[C@@H]1CC(c2csc(C3CCN(C(C)=O)CC3)n2)=NO1. The summed E-state index contributed by atoms with van der Waals surface area (Å²) < 4.78 is 5.64. The molecule has 150 valence electrons. The standard InChI is InChI=1S/C22H23N3O3S/c1-3-12-27-20-7-5-4-6-17(20)21-13-18(24-28-21)19-14-29-22(23-19)16-8-10-25(11-9-16)15(2)26/h1,4-7,14,16,21H,8-13H2,2H3/t21-/m0/s1. The lowest BCUT2D eigenvalue weighted by Gasteiger charge is -2.30. The molecule has 1 fully saturated rings. The lowest BCUT2D eigenvalue weighted by atomic mass is 9.97. The number of carbonyl (C=O) groups is 1. The van der Waals surface area contributed by atoms with E-state index in [0.29, 0.717) is 12.3 Å². The Morgan fingerprint density at radius 1 is 1.38 bits per heavy atom. The molecule has 1 aromatic heterocycles. The molecule has 1 saturated heterocycles. The van der Waals surface area contributed by atoms with Gasteiger partial charge in [0.1, 0.15) is 18.1 Å². The van der Waals surface area contributed by atoms with Crippen molar-refractivity contribution in [2.45, 2.75) is 38.2 Å².